The number of fused-ring (bicyclic) bond motifs is 5. The first kappa shape index (κ1) is 24.5. The van der Waals surface area contributed by atoms with Crippen molar-refractivity contribution in [3.8, 4) is 5.75 Å². The van der Waals surface area contributed by atoms with E-state index in [9.17, 15) is 10.2 Å². The molecule has 0 amide bonds. The fraction of sp³-hybridized carbons (Fsp3) is 0.806. The van der Waals surface area contributed by atoms with Gasteiger partial charge in [-0.1, -0.05) is 52.7 Å². The third-order valence-corrected chi connectivity index (χ3v) is 11.9. The number of aliphatic hydroxyl groups excluding tert-OH is 1. The number of likely N-dealkylation sites (N-methyl/N-ethyl adjacent to an activating group) is 1. The molecule has 5 rings (SSSR count). The number of phenolic OH excluding ortho intramolecular Hbond substituents is 1. The van der Waals surface area contributed by atoms with Gasteiger partial charge in [0.15, 0.2) is 0 Å². The van der Waals surface area contributed by atoms with Gasteiger partial charge in [-0.05, 0) is 110 Å². The summed E-state index contributed by atoms with van der Waals surface area (Å²) in [5, 5.41) is 21.8. The Morgan fingerprint density at radius 1 is 1.03 bits per heavy atom. The van der Waals surface area contributed by atoms with Crippen LogP contribution >= 0.6 is 0 Å². The van der Waals surface area contributed by atoms with Crippen molar-refractivity contribution in [2.45, 2.75) is 104 Å². The Balaban J connectivity index is 1.39. The van der Waals surface area contributed by atoms with Crippen LogP contribution in [0.3, 0.4) is 0 Å². The Kier molecular flexibility index (Phi) is 6.49. The Hall–Kier alpha value is -1.22. The summed E-state index contributed by atoms with van der Waals surface area (Å²) in [6.07, 6.45) is 12.7. The minimum absolute atomic E-state index is 0.0718. The number of aromatic hydroxyl groups is 1. The van der Waals surface area contributed by atoms with Crippen LogP contribution in [-0.2, 0) is 0 Å². The molecule has 1 unspecified atom stereocenters. The van der Waals surface area contributed by atoms with Gasteiger partial charge in [0, 0.05) is 7.05 Å². The van der Waals surface area contributed by atoms with E-state index in [0.29, 0.717) is 22.5 Å². The van der Waals surface area contributed by atoms with Crippen LogP contribution < -0.4 is 4.90 Å². The van der Waals surface area contributed by atoms with Gasteiger partial charge in [-0.2, -0.15) is 0 Å². The van der Waals surface area contributed by atoms with Crippen molar-refractivity contribution in [2.75, 3.05) is 11.9 Å². The highest BCUT2D eigenvalue weighted by Crippen LogP contribution is 2.68. The molecule has 0 radical (unpaired) electrons. The fourth-order valence-corrected chi connectivity index (χ4v) is 10.2. The molecule has 3 nitrogen and oxygen atoms in total. The van der Waals surface area contributed by atoms with Crippen LogP contribution in [0.2, 0.25) is 0 Å². The Labute approximate surface area is 208 Å². The fourth-order valence-electron chi connectivity index (χ4n) is 10.2. The number of para-hydroxylation sites is 2. The van der Waals surface area contributed by atoms with Crippen molar-refractivity contribution < 1.29 is 10.2 Å². The average Bonchev–Trinajstić information content (AvgIpc) is 3.16. The van der Waals surface area contributed by atoms with Gasteiger partial charge >= 0.3 is 0 Å². The second kappa shape index (κ2) is 9.02. The van der Waals surface area contributed by atoms with Crippen molar-refractivity contribution in [2.24, 2.45) is 46.3 Å². The normalized spacial score (nSPS) is 44.6. The van der Waals surface area contributed by atoms with Crippen LogP contribution in [0, 0.1) is 46.3 Å². The summed E-state index contributed by atoms with van der Waals surface area (Å²) in [6.45, 7) is 10.1. The van der Waals surface area contributed by atoms with Crippen LogP contribution in [0.15, 0.2) is 24.3 Å². The van der Waals surface area contributed by atoms with Crippen LogP contribution in [0.5, 0.6) is 5.75 Å². The lowest BCUT2D eigenvalue weighted by atomic mass is 9.44. The summed E-state index contributed by atoms with van der Waals surface area (Å²) in [4.78, 5) is 2.18. The molecule has 0 spiro atoms. The number of anilines is 1. The highest BCUT2D eigenvalue weighted by molar-refractivity contribution is 5.58. The summed E-state index contributed by atoms with van der Waals surface area (Å²) in [5.74, 6) is 5.29. The van der Waals surface area contributed by atoms with E-state index in [2.05, 4.69) is 39.6 Å². The van der Waals surface area contributed by atoms with E-state index in [0.717, 1.165) is 48.1 Å². The summed E-state index contributed by atoms with van der Waals surface area (Å²) in [5.41, 5.74) is 1.68. The van der Waals surface area contributed by atoms with E-state index in [1.54, 1.807) is 6.07 Å². The maximum atomic E-state index is 11.3. The summed E-state index contributed by atoms with van der Waals surface area (Å²) in [6, 6.07) is 7.69. The van der Waals surface area contributed by atoms with E-state index in [1.807, 2.05) is 18.2 Å². The first-order chi connectivity index (χ1) is 16.2. The lowest BCUT2D eigenvalue weighted by Gasteiger charge is -2.62. The third kappa shape index (κ3) is 3.71. The van der Waals surface area contributed by atoms with Crippen LogP contribution in [0.4, 0.5) is 5.69 Å². The largest absolute Gasteiger partial charge is 0.506 e. The summed E-state index contributed by atoms with van der Waals surface area (Å²) in [7, 11) is 2.07. The van der Waals surface area contributed by atoms with Crippen molar-refractivity contribution in [1.29, 1.82) is 0 Å². The van der Waals surface area contributed by atoms with Gasteiger partial charge < -0.3 is 15.1 Å². The second-order valence-corrected chi connectivity index (χ2v) is 13.3. The molecule has 1 aromatic rings. The van der Waals surface area contributed by atoms with E-state index in [1.165, 1.54) is 51.4 Å². The van der Waals surface area contributed by atoms with E-state index >= 15 is 0 Å². The Morgan fingerprint density at radius 2 is 1.76 bits per heavy atom. The molecule has 190 valence electrons. The molecule has 0 heterocycles. The molecule has 4 saturated carbocycles. The molecule has 0 bridgehead atoms. The molecule has 10 atom stereocenters. The van der Waals surface area contributed by atoms with Gasteiger partial charge in [0.25, 0.3) is 0 Å². The van der Waals surface area contributed by atoms with Crippen LogP contribution in [0.25, 0.3) is 0 Å². The van der Waals surface area contributed by atoms with Crippen LogP contribution in [0.1, 0.15) is 91.9 Å². The molecule has 34 heavy (non-hydrogen) atoms. The maximum Gasteiger partial charge on any atom is 0.138 e. The first-order valence-corrected chi connectivity index (χ1v) is 14.4. The molecule has 4 aliphatic rings. The molecule has 0 saturated heterocycles. The van der Waals surface area contributed by atoms with Gasteiger partial charge in [-0.15, -0.1) is 0 Å². The molecule has 2 N–H and O–H groups in total. The third-order valence-electron chi connectivity index (χ3n) is 11.9. The van der Waals surface area contributed by atoms with E-state index < -0.39 is 0 Å². The first-order valence-electron chi connectivity index (χ1n) is 14.4. The molecule has 0 aliphatic heterocycles. The molecule has 3 heteroatoms. The second-order valence-electron chi connectivity index (χ2n) is 13.3. The zero-order valence-corrected chi connectivity index (χ0v) is 22.3. The number of phenols is 1. The predicted molar refractivity (Wildman–Crippen MR) is 141 cm³/mol. The molecule has 0 aromatic heterocycles. The average molecular weight is 468 g/mol. The van der Waals surface area contributed by atoms with Gasteiger partial charge in [-0.3, -0.25) is 0 Å². The summed E-state index contributed by atoms with van der Waals surface area (Å²) < 4.78 is 0. The highest BCUT2D eigenvalue weighted by atomic mass is 16.3. The smallest absolute Gasteiger partial charge is 0.138 e. The zero-order chi connectivity index (χ0) is 24.3. The number of nitrogens with zero attached hydrogens (tertiary/aromatic N) is 1. The van der Waals surface area contributed by atoms with Crippen molar-refractivity contribution in [3.05, 3.63) is 24.3 Å². The van der Waals surface area contributed by atoms with Crippen molar-refractivity contribution >= 4 is 5.69 Å². The van der Waals surface area contributed by atoms with E-state index in [4.69, 9.17) is 0 Å². The maximum absolute atomic E-state index is 11.3. The topological polar surface area (TPSA) is 43.7 Å². The minimum atomic E-state index is -0.321. The Morgan fingerprint density at radius 3 is 2.50 bits per heavy atom. The molecule has 4 fully saturated rings. The SMILES string of the molecule is CCC[C@@H](C)[C@H]1CC[C@H]2[C@@H]3CCC4C[C@@H](O)[C@H](N(C)c5ccccc5O)C[C@]4(C)[C@H]3CC[C@]12C. The van der Waals surface area contributed by atoms with Gasteiger partial charge in [0.2, 0.25) is 0 Å². The van der Waals surface area contributed by atoms with Gasteiger partial charge in [0.1, 0.15) is 5.75 Å². The lowest BCUT2D eigenvalue weighted by Crippen LogP contribution is -2.59. The quantitative estimate of drug-likeness (QED) is 0.479. The standard InChI is InChI=1S/C31H49NO2/c1-6-9-20(2)23-14-15-24-22-13-12-21-18-29(34)27(32(5)26-10-7-8-11-28(26)33)19-31(21,4)25(22)16-17-30(23,24)3/h7-8,10-11,20-25,27,29,33-34H,6,9,12-19H2,1-5H3/t20-,21?,22+,23-,24+,25+,27-,29-,30-,31+/m1/s1. The highest BCUT2D eigenvalue weighted by Gasteiger charge is 2.61. The zero-order valence-electron chi connectivity index (χ0n) is 22.3. The molecular formula is C31H49NO2. The minimum Gasteiger partial charge on any atom is -0.506 e. The number of aliphatic hydroxyl groups is 1. The number of hydrogen-bond acceptors (Lipinski definition) is 3. The summed E-state index contributed by atoms with van der Waals surface area (Å²) >= 11 is 0. The van der Waals surface area contributed by atoms with Crippen molar-refractivity contribution in [3.63, 3.8) is 0 Å². The predicted octanol–water partition coefficient (Wildman–Crippen LogP) is 7.26. The molecule has 4 aliphatic carbocycles. The van der Waals surface area contributed by atoms with E-state index in [-0.39, 0.29) is 12.1 Å². The number of hydrogen-bond donors (Lipinski definition) is 2. The monoisotopic (exact) mass is 467 g/mol. The van der Waals surface area contributed by atoms with Crippen molar-refractivity contribution in [1.82, 2.24) is 0 Å². The molecular weight excluding hydrogens is 418 g/mol. The number of benzene rings is 1. The van der Waals surface area contributed by atoms with Crippen LogP contribution in [-0.4, -0.2) is 29.4 Å². The van der Waals surface area contributed by atoms with Gasteiger partial charge in [-0.25, -0.2) is 0 Å². The lowest BCUT2D eigenvalue weighted by molar-refractivity contribution is -0.134. The number of rotatable bonds is 5. The molecule has 1 aromatic carbocycles. The Bertz CT molecular complexity index is 871. The van der Waals surface area contributed by atoms with Gasteiger partial charge in [0.05, 0.1) is 17.8 Å².